The Labute approximate surface area is 170 Å². The van der Waals surface area contributed by atoms with Crippen LogP contribution < -0.4 is 20.9 Å². The summed E-state index contributed by atoms with van der Waals surface area (Å²) in [6, 6.07) is 1.43. The van der Waals surface area contributed by atoms with Gasteiger partial charge in [0.1, 0.15) is 11.3 Å². The third-order valence-electron chi connectivity index (χ3n) is 6.06. The van der Waals surface area contributed by atoms with Crippen molar-refractivity contribution in [3.8, 4) is 5.75 Å². The molecule has 0 radical (unpaired) electrons. The number of ether oxygens (including phenoxy) is 3. The molecule has 8 nitrogen and oxygen atoms in total. The second-order valence-corrected chi connectivity index (χ2v) is 7.43. The summed E-state index contributed by atoms with van der Waals surface area (Å²) in [5, 5.41) is 6.47. The van der Waals surface area contributed by atoms with E-state index in [1.165, 1.54) is 13.2 Å². The lowest BCUT2D eigenvalue weighted by atomic mass is 9.67. The highest BCUT2D eigenvalue weighted by atomic mass is 35.5. The molecule has 1 aromatic heterocycles. The van der Waals surface area contributed by atoms with Crippen LogP contribution in [0, 0.1) is 11.8 Å². The predicted molar refractivity (Wildman–Crippen MR) is 106 cm³/mol. The fourth-order valence-electron chi connectivity index (χ4n) is 4.76. The maximum Gasteiger partial charge on any atom is 0.257 e. The minimum atomic E-state index is -0.186. The molecule has 0 aromatic carbocycles. The Morgan fingerprint density at radius 1 is 1.39 bits per heavy atom. The van der Waals surface area contributed by atoms with Gasteiger partial charge in [0.05, 0.1) is 19.8 Å². The van der Waals surface area contributed by atoms with E-state index >= 15 is 0 Å². The number of carbonyl (C=O) groups excluding carboxylic acids is 1. The third-order valence-corrected chi connectivity index (χ3v) is 6.06. The van der Waals surface area contributed by atoms with Gasteiger partial charge in [0.15, 0.2) is 0 Å². The monoisotopic (exact) mass is 413 g/mol. The second kappa shape index (κ2) is 8.82. The fraction of sp³-hybridized carbons (Fsp3) is 0.684. The van der Waals surface area contributed by atoms with Gasteiger partial charge in [-0.1, -0.05) is 0 Å². The number of pyridine rings is 1. The van der Waals surface area contributed by atoms with E-state index in [0.29, 0.717) is 43.3 Å². The van der Waals surface area contributed by atoms with Crippen LogP contribution in [0.3, 0.4) is 0 Å². The average Bonchev–Trinajstić information content (AvgIpc) is 2.93. The van der Waals surface area contributed by atoms with Crippen LogP contribution >= 0.6 is 12.4 Å². The molecule has 2 fully saturated rings. The number of hydrogen-bond acceptors (Lipinski definition) is 6. The molecule has 28 heavy (non-hydrogen) atoms. The largest absolute Gasteiger partial charge is 0.496 e. The highest BCUT2D eigenvalue weighted by molar-refractivity contribution is 5.98. The smallest absolute Gasteiger partial charge is 0.257 e. The van der Waals surface area contributed by atoms with Crippen LogP contribution in [0.15, 0.2) is 10.9 Å². The van der Waals surface area contributed by atoms with Crippen LogP contribution in [0.1, 0.15) is 22.5 Å². The van der Waals surface area contributed by atoms with Crippen LogP contribution in [0.4, 0.5) is 0 Å². The number of hydrogen-bond donors (Lipinski definition) is 2. The number of halogens is 1. The summed E-state index contributed by atoms with van der Waals surface area (Å²) >= 11 is 0. The molecule has 1 saturated carbocycles. The molecule has 4 rings (SSSR count). The standard InChI is InChI=1S/C19H27N3O5.ClH/c1-25-10-12-17(11-4-8-27-18(11)12)21-19(24)16-13-3-5-20-6-7-22(13)15(23)9-14(16)26-2;/h9,11-12,17-18,20H,3-8,10H2,1-2H3,(H,21,24);1H/t11-,12+,17-,18-;/m0./s1. The van der Waals surface area contributed by atoms with Crippen LogP contribution in [-0.4, -0.2) is 63.1 Å². The number of nitrogens with zero attached hydrogens (tertiary/aromatic N) is 1. The molecule has 3 aliphatic rings. The fourth-order valence-corrected chi connectivity index (χ4v) is 4.76. The van der Waals surface area contributed by atoms with Crippen molar-refractivity contribution >= 4 is 18.3 Å². The lowest BCUT2D eigenvalue weighted by molar-refractivity contribution is -0.0809. The Bertz CT molecular complexity index is 784. The molecule has 0 bridgehead atoms. The van der Waals surface area contributed by atoms with Gasteiger partial charge in [-0.2, -0.15) is 0 Å². The van der Waals surface area contributed by atoms with Crippen molar-refractivity contribution in [1.82, 2.24) is 15.2 Å². The Hall–Kier alpha value is -1.61. The van der Waals surface area contributed by atoms with Crippen molar-refractivity contribution in [2.24, 2.45) is 11.8 Å². The van der Waals surface area contributed by atoms with E-state index in [-0.39, 0.29) is 41.9 Å². The molecule has 1 amide bonds. The maximum atomic E-state index is 13.3. The Balaban J connectivity index is 0.00000225. The first-order chi connectivity index (χ1) is 13.2. The van der Waals surface area contributed by atoms with E-state index in [4.69, 9.17) is 14.2 Å². The Morgan fingerprint density at radius 2 is 2.21 bits per heavy atom. The lowest BCUT2D eigenvalue weighted by Crippen LogP contribution is -2.62. The topological polar surface area (TPSA) is 90.8 Å². The van der Waals surface area contributed by atoms with Gasteiger partial charge in [0.2, 0.25) is 0 Å². The Kier molecular flexibility index (Phi) is 6.65. The van der Waals surface area contributed by atoms with Gasteiger partial charge in [-0.3, -0.25) is 9.59 Å². The molecule has 3 heterocycles. The van der Waals surface area contributed by atoms with Crippen molar-refractivity contribution in [3.05, 3.63) is 27.7 Å². The number of amides is 1. The van der Waals surface area contributed by atoms with Gasteiger partial charge < -0.3 is 29.4 Å². The van der Waals surface area contributed by atoms with Crippen LogP contribution in [0.25, 0.3) is 0 Å². The molecule has 1 saturated heterocycles. The first-order valence-corrected chi connectivity index (χ1v) is 9.58. The zero-order chi connectivity index (χ0) is 19.0. The first-order valence-electron chi connectivity index (χ1n) is 9.58. The number of rotatable bonds is 5. The Morgan fingerprint density at radius 3 is 2.96 bits per heavy atom. The zero-order valence-electron chi connectivity index (χ0n) is 16.2. The second-order valence-electron chi connectivity index (χ2n) is 7.43. The number of fused-ring (bicyclic) bond motifs is 2. The van der Waals surface area contributed by atoms with Gasteiger partial charge in [-0.05, 0) is 6.42 Å². The molecule has 2 aliphatic heterocycles. The van der Waals surface area contributed by atoms with Crippen molar-refractivity contribution in [2.45, 2.75) is 31.5 Å². The van der Waals surface area contributed by atoms with E-state index in [1.54, 1.807) is 11.7 Å². The van der Waals surface area contributed by atoms with E-state index < -0.39 is 0 Å². The summed E-state index contributed by atoms with van der Waals surface area (Å²) in [5.41, 5.74) is 1.08. The van der Waals surface area contributed by atoms with Crippen LogP contribution in [0.2, 0.25) is 0 Å². The summed E-state index contributed by atoms with van der Waals surface area (Å²) in [7, 11) is 3.16. The first kappa shape index (κ1) is 21.1. The van der Waals surface area contributed by atoms with Crippen molar-refractivity contribution < 1.29 is 19.0 Å². The molecule has 9 heteroatoms. The number of nitrogens with one attached hydrogen (secondary N) is 2. The highest BCUT2D eigenvalue weighted by Crippen LogP contribution is 2.44. The van der Waals surface area contributed by atoms with Gasteiger partial charge in [-0.15, -0.1) is 12.4 Å². The van der Waals surface area contributed by atoms with E-state index in [2.05, 4.69) is 10.6 Å². The summed E-state index contributed by atoms with van der Waals surface area (Å²) in [6.45, 7) is 3.26. The van der Waals surface area contributed by atoms with E-state index in [0.717, 1.165) is 25.3 Å². The van der Waals surface area contributed by atoms with Gasteiger partial charge in [-0.25, -0.2) is 0 Å². The zero-order valence-corrected chi connectivity index (χ0v) is 17.0. The van der Waals surface area contributed by atoms with Gasteiger partial charge in [0.25, 0.3) is 11.5 Å². The quantitative estimate of drug-likeness (QED) is 0.717. The summed E-state index contributed by atoms with van der Waals surface area (Å²) < 4.78 is 18.2. The van der Waals surface area contributed by atoms with Crippen molar-refractivity contribution in [1.29, 1.82) is 0 Å². The molecule has 0 unspecified atom stereocenters. The highest BCUT2D eigenvalue weighted by Gasteiger charge is 2.54. The number of methoxy groups -OCH3 is 2. The molecular weight excluding hydrogens is 386 g/mol. The normalized spacial score (nSPS) is 28.2. The molecule has 1 aliphatic carbocycles. The third kappa shape index (κ3) is 3.54. The van der Waals surface area contributed by atoms with Crippen molar-refractivity contribution in [2.75, 3.05) is 40.5 Å². The minimum absolute atomic E-state index is 0. The molecule has 0 spiro atoms. The maximum absolute atomic E-state index is 13.3. The molecular formula is C19H28ClN3O5. The van der Waals surface area contributed by atoms with Crippen LogP contribution in [0.5, 0.6) is 5.75 Å². The number of carbonyl (C=O) groups is 1. The molecule has 1 aromatic rings. The SMILES string of the molecule is COC[C@@H]1[C@@H](NC(=O)c2c(OC)cc(=O)n3c2CCNCC3)[C@@H]2CCO[C@H]12.Cl. The summed E-state index contributed by atoms with van der Waals surface area (Å²) in [6.07, 6.45) is 1.72. The van der Waals surface area contributed by atoms with E-state index in [1.807, 2.05) is 0 Å². The summed E-state index contributed by atoms with van der Waals surface area (Å²) in [4.78, 5) is 25.7. The van der Waals surface area contributed by atoms with E-state index in [9.17, 15) is 9.59 Å². The average molecular weight is 414 g/mol. The lowest BCUT2D eigenvalue weighted by Gasteiger charge is -2.47. The predicted octanol–water partition coefficient (Wildman–Crippen LogP) is 0.204. The van der Waals surface area contributed by atoms with Gasteiger partial charge in [0, 0.05) is 69.4 Å². The minimum Gasteiger partial charge on any atom is -0.496 e. The number of aromatic nitrogens is 1. The molecule has 4 atom stereocenters. The summed E-state index contributed by atoms with van der Waals surface area (Å²) in [5.74, 6) is 0.636. The van der Waals surface area contributed by atoms with Crippen molar-refractivity contribution in [3.63, 3.8) is 0 Å². The molecule has 2 N–H and O–H groups in total. The molecule has 156 valence electrons. The van der Waals surface area contributed by atoms with Gasteiger partial charge >= 0.3 is 0 Å². The van der Waals surface area contributed by atoms with Crippen LogP contribution in [-0.2, 0) is 22.4 Å².